The fourth-order valence-corrected chi connectivity index (χ4v) is 4.29. The molecule has 0 heterocycles. The SMILES string of the molecule is O=Cc1cccc(F)c1C(O)C(O)CCNC(=O)OCC1c2ccccc2-c2ccccc21. The minimum Gasteiger partial charge on any atom is -0.449 e. The Morgan fingerprint density at radius 2 is 1.64 bits per heavy atom. The topological polar surface area (TPSA) is 95.9 Å². The summed E-state index contributed by atoms with van der Waals surface area (Å²) in [4.78, 5) is 23.3. The smallest absolute Gasteiger partial charge is 0.407 e. The van der Waals surface area contributed by atoms with Gasteiger partial charge in [-0.05, 0) is 34.7 Å². The first-order chi connectivity index (χ1) is 16.0. The molecule has 3 N–H and O–H groups in total. The number of alkyl carbamates (subject to hydrolysis) is 1. The molecule has 33 heavy (non-hydrogen) atoms. The van der Waals surface area contributed by atoms with E-state index >= 15 is 0 Å². The lowest BCUT2D eigenvalue weighted by molar-refractivity contribution is 0.0113. The summed E-state index contributed by atoms with van der Waals surface area (Å²) in [6, 6.07) is 19.8. The highest BCUT2D eigenvalue weighted by molar-refractivity contribution is 5.79. The molecule has 3 aromatic carbocycles. The molecule has 2 unspecified atom stereocenters. The molecule has 6 nitrogen and oxygen atoms in total. The Hall–Kier alpha value is -3.55. The van der Waals surface area contributed by atoms with Crippen LogP contribution in [0.3, 0.4) is 0 Å². The average molecular weight is 449 g/mol. The Labute approximate surface area is 190 Å². The van der Waals surface area contributed by atoms with Gasteiger partial charge in [0, 0.05) is 23.6 Å². The van der Waals surface area contributed by atoms with Crippen molar-refractivity contribution in [3.05, 3.63) is 94.8 Å². The summed E-state index contributed by atoms with van der Waals surface area (Å²) in [6.45, 7) is 0.155. The number of nitrogens with one attached hydrogen (secondary N) is 1. The van der Waals surface area contributed by atoms with Crippen molar-refractivity contribution in [3.63, 3.8) is 0 Å². The van der Waals surface area contributed by atoms with Gasteiger partial charge in [0.1, 0.15) is 18.5 Å². The summed E-state index contributed by atoms with van der Waals surface area (Å²) in [7, 11) is 0. The zero-order chi connectivity index (χ0) is 23.4. The number of hydrogen-bond donors (Lipinski definition) is 3. The van der Waals surface area contributed by atoms with Gasteiger partial charge in [-0.3, -0.25) is 4.79 Å². The van der Waals surface area contributed by atoms with E-state index in [0.717, 1.165) is 28.3 Å². The van der Waals surface area contributed by atoms with Gasteiger partial charge < -0.3 is 20.3 Å². The van der Waals surface area contributed by atoms with E-state index < -0.39 is 24.1 Å². The van der Waals surface area contributed by atoms with Crippen LogP contribution < -0.4 is 5.32 Å². The van der Waals surface area contributed by atoms with Gasteiger partial charge in [0.25, 0.3) is 0 Å². The molecule has 4 rings (SSSR count). The van der Waals surface area contributed by atoms with E-state index in [9.17, 15) is 24.2 Å². The number of aliphatic hydroxyl groups excluding tert-OH is 2. The second-order valence-electron chi connectivity index (χ2n) is 7.91. The Morgan fingerprint density at radius 1 is 1.00 bits per heavy atom. The van der Waals surface area contributed by atoms with Crippen LogP contribution in [-0.2, 0) is 4.74 Å². The maximum atomic E-state index is 14.0. The highest BCUT2D eigenvalue weighted by atomic mass is 19.1. The molecule has 0 spiro atoms. The molecule has 0 radical (unpaired) electrons. The summed E-state index contributed by atoms with van der Waals surface area (Å²) in [5.74, 6) is -0.853. The fraction of sp³-hybridized carbons (Fsp3) is 0.231. The van der Waals surface area contributed by atoms with E-state index in [1.807, 2.05) is 48.5 Å². The summed E-state index contributed by atoms with van der Waals surface area (Å²) in [6.07, 6.45) is -3.27. The van der Waals surface area contributed by atoms with Crippen molar-refractivity contribution in [3.8, 4) is 11.1 Å². The van der Waals surface area contributed by atoms with Gasteiger partial charge >= 0.3 is 6.09 Å². The molecule has 0 saturated carbocycles. The normalized spacial score (nSPS) is 14.2. The summed E-state index contributed by atoms with van der Waals surface area (Å²) in [5, 5.41) is 23.1. The quantitative estimate of drug-likeness (QED) is 0.453. The maximum Gasteiger partial charge on any atom is 0.407 e. The lowest BCUT2D eigenvalue weighted by Gasteiger charge is -2.20. The predicted molar refractivity (Wildman–Crippen MR) is 120 cm³/mol. The first kappa shape index (κ1) is 22.6. The molecule has 1 amide bonds. The number of rotatable bonds is 8. The Kier molecular flexibility index (Phi) is 6.82. The van der Waals surface area contributed by atoms with E-state index in [1.54, 1.807) is 0 Å². The summed E-state index contributed by atoms with van der Waals surface area (Å²) < 4.78 is 19.5. The van der Waals surface area contributed by atoms with Crippen LogP contribution in [0, 0.1) is 5.82 Å². The lowest BCUT2D eigenvalue weighted by atomic mass is 9.97. The van der Waals surface area contributed by atoms with Crippen LogP contribution in [0.1, 0.15) is 45.5 Å². The molecule has 2 atom stereocenters. The Balaban J connectivity index is 1.31. The number of carbonyl (C=O) groups excluding carboxylic acids is 2. The number of ether oxygens (including phenoxy) is 1. The molecule has 3 aromatic rings. The minimum absolute atomic E-state index is 0.000222. The van der Waals surface area contributed by atoms with Gasteiger partial charge in [-0.1, -0.05) is 60.7 Å². The molecule has 7 heteroatoms. The Morgan fingerprint density at radius 3 is 2.27 bits per heavy atom. The van der Waals surface area contributed by atoms with Crippen LogP contribution in [0.4, 0.5) is 9.18 Å². The second-order valence-corrected chi connectivity index (χ2v) is 7.91. The number of hydrogen-bond acceptors (Lipinski definition) is 5. The molecule has 1 aliphatic carbocycles. The van der Waals surface area contributed by atoms with Crippen molar-refractivity contribution in [1.29, 1.82) is 0 Å². The highest BCUT2D eigenvalue weighted by Crippen LogP contribution is 2.44. The number of aliphatic hydroxyl groups is 2. The van der Waals surface area contributed by atoms with E-state index in [0.29, 0.717) is 6.29 Å². The number of carbonyl (C=O) groups is 2. The van der Waals surface area contributed by atoms with E-state index in [2.05, 4.69) is 5.32 Å². The standard InChI is InChI=1S/C26H24FNO5/c27-22-11-5-6-16(14-29)24(22)25(31)23(30)12-13-28-26(32)33-15-21-19-9-3-1-7-17(19)18-8-2-4-10-20(18)21/h1-11,14,21,23,25,30-31H,12-13,15H2,(H,28,32). The van der Waals surface area contributed by atoms with Gasteiger partial charge in [-0.25, -0.2) is 9.18 Å². The largest absolute Gasteiger partial charge is 0.449 e. The molecule has 0 aliphatic heterocycles. The molecule has 0 fully saturated rings. The summed E-state index contributed by atoms with van der Waals surface area (Å²) >= 11 is 0. The van der Waals surface area contributed by atoms with Crippen molar-refractivity contribution in [1.82, 2.24) is 5.32 Å². The zero-order valence-corrected chi connectivity index (χ0v) is 17.8. The fourth-order valence-electron chi connectivity index (χ4n) is 4.29. The minimum atomic E-state index is -1.60. The molecule has 0 bridgehead atoms. The molecule has 1 aliphatic rings. The van der Waals surface area contributed by atoms with Crippen molar-refractivity contribution in [2.24, 2.45) is 0 Å². The first-order valence-electron chi connectivity index (χ1n) is 10.7. The molecular formula is C26H24FNO5. The first-order valence-corrected chi connectivity index (χ1v) is 10.7. The monoisotopic (exact) mass is 449 g/mol. The van der Waals surface area contributed by atoms with Gasteiger partial charge in [-0.2, -0.15) is 0 Å². The van der Waals surface area contributed by atoms with Crippen molar-refractivity contribution in [2.75, 3.05) is 13.2 Å². The van der Waals surface area contributed by atoms with E-state index in [4.69, 9.17) is 4.74 Å². The third kappa shape index (κ3) is 4.65. The molecule has 170 valence electrons. The van der Waals surface area contributed by atoms with Crippen LogP contribution in [0.5, 0.6) is 0 Å². The van der Waals surface area contributed by atoms with Gasteiger partial charge in [0.2, 0.25) is 0 Å². The van der Waals surface area contributed by atoms with Gasteiger partial charge in [-0.15, -0.1) is 0 Å². The molecular weight excluding hydrogens is 425 g/mol. The third-order valence-corrected chi connectivity index (χ3v) is 5.93. The van der Waals surface area contributed by atoms with Gasteiger partial charge in [0.05, 0.1) is 6.10 Å². The molecule has 0 aromatic heterocycles. The lowest BCUT2D eigenvalue weighted by Crippen LogP contribution is -2.31. The van der Waals surface area contributed by atoms with E-state index in [1.165, 1.54) is 12.1 Å². The predicted octanol–water partition coefficient (Wildman–Crippen LogP) is 3.96. The van der Waals surface area contributed by atoms with Crippen molar-refractivity contribution < 1.29 is 28.9 Å². The number of halogens is 1. The van der Waals surface area contributed by atoms with Crippen LogP contribution in [0.2, 0.25) is 0 Å². The second kappa shape index (κ2) is 9.94. The molecule has 0 saturated heterocycles. The zero-order valence-electron chi connectivity index (χ0n) is 17.8. The maximum absolute atomic E-state index is 14.0. The number of benzene rings is 3. The van der Waals surface area contributed by atoms with Crippen LogP contribution in [-0.4, -0.2) is 41.8 Å². The van der Waals surface area contributed by atoms with Crippen LogP contribution in [0.15, 0.2) is 66.7 Å². The Bertz CT molecular complexity index is 1120. The number of fused-ring (bicyclic) bond motifs is 3. The van der Waals surface area contributed by atoms with Crippen molar-refractivity contribution >= 4 is 12.4 Å². The van der Waals surface area contributed by atoms with Gasteiger partial charge in [0.15, 0.2) is 6.29 Å². The third-order valence-electron chi connectivity index (χ3n) is 5.93. The highest BCUT2D eigenvalue weighted by Gasteiger charge is 2.29. The number of aldehydes is 1. The average Bonchev–Trinajstić information content (AvgIpc) is 3.15. The summed E-state index contributed by atoms with van der Waals surface area (Å²) in [5.41, 5.74) is 4.15. The van der Waals surface area contributed by atoms with E-state index in [-0.39, 0.29) is 36.6 Å². The van der Waals surface area contributed by atoms with Crippen LogP contribution >= 0.6 is 0 Å². The van der Waals surface area contributed by atoms with Crippen molar-refractivity contribution in [2.45, 2.75) is 24.5 Å². The van der Waals surface area contributed by atoms with Crippen LogP contribution in [0.25, 0.3) is 11.1 Å². The number of amides is 1.